The Labute approximate surface area is 129 Å². The zero-order valence-electron chi connectivity index (χ0n) is 12.2. The smallest absolute Gasteiger partial charge is 0.179 e. The highest BCUT2D eigenvalue weighted by Crippen LogP contribution is 2.35. The van der Waals surface area contributed by atoms with Crippen molar-refractivity contribution in [3.8, 4) is 11.5 Å². The van der Waals surface area contributed by atoms with E-state index in [-0.39, 0.29) is 0 Å². The highest BCUT2D eigenvalue weighted by Gasteiger charge is 2.10. The molecule has 0 atom stereocenters. The Bertz CT molecular complexity index is 630. The quantitative estimate of drug-likeness (QED) is 0.622. The van der Waals surface area contributed by atoms with Gasteiger partial charge in [-0.05, 0) is 29.8 Å². The predicted molar refractivity (Wildman–Crippen MR) is 87.0 cm³/mol. The van der Waals surface area contributed by atoms with Crippen LogP contribution in [0.25, 0.3) is 0 Å². The first kappa shape index (κ1) is 15.2. The molecule has 0 radical (unpaired) electrons. The minimum atomic E-state index is 0.487. The maximum Gasteiger partial charge on any atom is 0.179 e. The van der Waals surface area contributed by atoms with Gasteiger partial charge >= 0.3 is 0 Å². The highest BCUT2D eigenvalue weighted by atomic mass is 35.5. The van der Waals surface area contributed by atoms with Crippen molar-refractivity contribution in [3.05, 3.63) is 53.1 Å². The van der Waals surface area contributed by atoms with Crippen LogP contribution in [0.1, 0.15) is 5.56 Å². The van der Waals surface area contributed by atoms with Crippen molar-refractivity contribution >= 4 is 23.5 Å². The van der Waals surface area contributed by atoms with Crippen LogP contribution in [0.5, 0.6) is 11.5 Å². The Morgan fingerprint density at radius 2 is 1.81 bits per heavy atom. The van der Waals surface area contributed by atoms with Crippen molar-refractivity contribution in [2.45, 2.75) is 0 Å². The van der Waals surface area contributed by atoms with Gasteiger partial charge < -0.3 is 9.47 Å². The molecule has 0 fully saturated rings. The zero-order valence-corrected chi connectivity index (χ0v) is 13.0. The zero-order chi connectivity index (χ0) is 15.2. The van der Waals surface area contributed by atoms with Crippen molar-refractivity contribution in [1.29, 1.82) is 0 Å². The van der Waals surface area contributed by atoms with E-state index in [9.17, 15) is 0 Å². The Morgan fingerprint density at radius 3 is 2.43 bits per heavy atom. The van der Waals surface area contributed by atoms with Crippen LogP contribution in [0.15, 0.2) is 47.6 Å². The first-order valence-electron chi connectivity index (χ1n) is 6.40. The Hall–Kier alpha value is -2.20. The van der Waals surface area contributed by atoms with Crippen LogP contribution in [0, 0.1) is 0 Å². The number of anilines is 1. The summed E-state index contributed by atoms with van der Waals surface area (Å²) < 4.78 is 10.5. The highest BCUT2D eigenvalue weighted by molar-refractivity contribution is 6.32. The summed E-state index contributed by atoms with van der Waals surface area (Å²) in [6, 6.07) is 13.5. The minimum Gasteiger partial charge on any atom is -0.493 e. The average molecular weight is 305 g/mol. The van der Waals surface area contributed by atoms with E-state index in [1.54, 1.807) is 31.5 Å². The molecule has 0 unspecified atom stereocenters. The lowest BCUT2D eigenvalue weighted by Gasteiger charge is -2.13. The fourth-order valence-corrected chi connectivity index (χ4v) is 2.17. The maximum absolute atomic E-state index is 6.17. The topological polar surface area (TPSA) is 34.1 Å². The van der Waals surface area contributed by atoms with E-state index in [0.29, 0.717) is 16.5 Å². The monoisotopic (exact) mass is 304 g/mol. The number of hydrogen-bond acceptors (Lipinski definition) is 4. The second kappa shape index (κ2) is 6.99. The predicted octanol–water partition coefficient (Wildman–Crippen LogP) is 3.83. The van der Waals surface area contributed by atoms with Gasteiger partial charge in [0.15, 0.2) is 11.5 Å². The van der Waals surface area contributed by atoms with Crippen LogP contribution in [0.3, 0.4) is 0 Å². The molecule has 21 heavy (non-hydrogen) atoms. The molecule has 0 aromatic heterocycles. The summed E-state index contributed by atoms with van der Waals surface area (Å²) in [6.45, 7) is 0. The van der Waals surface area contributed by atoms with E-state index in [4.69, 9.17) is 21.1 Å². The van der Waals surface area contributed by atoms with Gasteiger partial charge in [-0.3, -0.25) is 5.01 Å². The largest absolute Gasteiger partial charge is 0.493 e. The van der Waals surface area contributed by atoms with Gasteiger partial charge in [-0.25, -0.2) is 0 Å². The van der Waals surface area contributed by atoms with Gasteiger partial charge in [0.05, 0.1) is 31.1 Å². The summed E-state index contributed by atoms with van der Waals surface area (Å²) in [6.07, 6.45) is 1.72. The molecular formula is C16H17ClN2O2. The number of rotatable bonds is 5. The van der Waals surface area contributed by atoms with E-state index < -0.39 is 0 Å². The van der Waals surface area contributed by atoms with Crippen molar-refractivity contribution in [2.75, 3.05) is 26.3 Å². The van der Waals surface area contributed by atoms with E-state index in [0.717, 1.165) is 11.3 Å². The third-order valence-corrected chi connectivity index (χ3v) is 3.25. The number of para-hydroxylation sites is 1. The molecular weight excluding hydrogens is 288 g/mol. The van der Waals surface area contributed by atoms with Gasteiger partial charge in [0.25, 0.3) is 0 Å². The summed E-state index contributed by atoms with van der Waals surface area (Å²) in [5.41, 5.74) is 1.83. The molecule has 0 saturated carbocycles. The summed E-state index contributed by atoms with van der Waals surface area (Å²) in [4.78, 5) is 0. The maximum atomic E-state index is 6.17. The molecule has 0 spiro atoms. The Kier molecular flexibility index (Phi) is 5.06. The number of ether oxygens (including phenoxy) is 2. The molecule has 4 nitrogen and oxygen atoms in total. The summed E-state index contributed by atoms with van der Waals surface area (Å²) in [5, 5.41) is 6.66. The Morgan fingerprint density at radius 1 is 1.10 bits per heavy atom. The van der Waals surface area contributed by atoms with Crippen molar-refractivity contribution in [3.63, 3.8) is 0 Å². The van der Waals surface area contributed by atoms with Gasteiger partial charge in [-0.2, -0.15) is 5.10 Å². The SMILES string of the molecule is COc1cc(/C=N/N(C)c2ccccc2)cc(Cl)c1OC. The molecule has 110 valence electrons. The molecule has 2 aromatic carbocycles. The van der Waals surface area contributed by atoms with Crippen LogP contribution in [0.4, 0.5) is 5.69 Å². The molecule has 0 saturated heterocycles. The molecule has 0 aliphatic rings. The number of halogens is 1. The third kappa shape index (κ3) is 3.67. The van der Waals surface area contributed by atoms with Gasteiger partial charge in [0, 0.05) is 7.05 Å². The number of methoxy groups -OCH3 is 2. The first-order valence-corrected chi connectivity index (χ1v) is 6.77. The molecule has 0 bridgehead atoms. The molecule has 0 aliphatic heterocycles. The number of benzene rings is 2. The van der Waals surface area contributed by atoms with Crippen LogP contribution < -0.4 is 14.5 Å². The standard InChI is InChI=1S/C16H17ClN2O2/c1-19(13-7-5-4-6-8-13)18-11-12-9-14(17)16(21-3)15(10-12)20-2/h4-11H,1-3H3/b18-11+. The summed E-state index contributed by atoms with van der Waals surface area (Å²) in [7, 11) is 5.01. The normalized spacial score (nSPS) is 10.7. The lowest BCUT2D eigenvalue weighted by molar-refractivity contribution is 0.355. The lowest BCUT2D eigenvalue weighted by atomic mass is 10.2. The van der Waals surface area contributed by atoms with Crippen LogP contribution >= 0.6 is 11.6 Å². The van der Waals surface area contributed by atoms with Crippen molar-refractivity contribution in [2.24, 2.45) is 5.10 Å². The van der Waals surface area contributed by atoms with Crippen LogP contribution in [-0.2, 0) is 0 Å². The molecule has 0 aliphatic carbocycles. The van der Waals surface area contributed by atoms with Gasteiger partial charge in [0.2, 0.25) is 0 Å². The molecule has 0 amide bonds. The van der Waals surface area contributed by atoms with E-state index in [1.807, 2.05) is 43.4 Å². The first-order chi connectivity index (χ1) is 10.2. The summed E-state index contributed by atoms with van der Waals surface area (Å²) in [5.74, 6) is 1.10. The minimum absolute atomic E-state index is 0.487. The van der Waals surface area contributed by atoms with E-state index in [1.165, 1.54) is 0 Å². The van der Waals surface area contributed by atoms with Gasteiger partial charge in [-0.1, -0.05) is 29.8 Å². The number of hydrazone groups is 1. The second-order valence-corrected chi connectivity index (χ2v) is 4.75. The molecule has 0 N–H and O–H groups in total. The average Bonchev–Trinajstić information content (AvgIpc) is 2.52. The number of hydrogen-bond donors (Lipinski definition) is 0. The second-order valence-electron chi connectivity index (χ2n) is 4.34. The molecule has 2 rings (SSSR count). The van der Waals surface area contributed by atoms with Gasteiger partial charge in [-0.15, -0.1) is 0 Å². The molecule has 2 aromatic rings. The van der Waals surface area contributed by atoms with E-state index >= 15 is 0 Å². The van der Waals surface area contributed by atoms with Crippen LogP contribution in [-0.4, -0.2) is 27.5 Å². The number of nitrogens with zero attached hydrogens (tertiary/aromatic N) is 2. The fourth-order valence-electron chi connectivity index (χ4n) is 1.88. The van der Waals surface area contributed by atoms with E-state index in [2.05, 4.69) is 5.10 Å². The van der Waals surface area contributed by atoms with Crippen LogP contribution in [0.2, 0.25) is 5.02 Å². The summed E-state index contributed by atoms with van der Waals surface area (Å²) >= 11 is 6.17. The lowest BCUT2D eigenvalue weighted by Crippen LogP contribution is -2.08. The van der Waals surface area contributed by atoms with Gasteiger partial charge in [0.1, 0.15) is 0 Å². The Balaban J connectivity index is 2.23. The van der Waals surface area contributed by atoms with Crippen molar-refractivity contribution < 1.29 is 9.47 Å². The fraction of sp³-hybridized carbons (Fsp3) is 0.188. The molecule has 0 heterocycles. The van der Waals surface area contributed by atoms with Crippen molar-refractivity contribution in [1.82, 2.24) is 0 Å². The third-order valence-electron chi connectivity index (χ3n) is 2.97. The molecule has 5 heteroatoms.